The molecular weight excluding hydrogens is 316 g/mol. The molecule has 2 heterocycles. The summed E-state index contributed by atoms with van der Waals surface area (Å²) in [5.74, 6) is 0.373. The zero-order valence-electron chi connectivity index (χ0n) is 14.7. The van der Waals surface area contributed by atoms with E-state index in [0.29, 0.717) is 12.0 Å². The molecule has 1 aromatic carbocycles. The second-order valence-corrected chi connectivity index (χ2v) is 6.08. The van der Waals surface area contributed by atoms with Gasteiger partial charge in [0.25, 0.3) is 0 Å². The van der Waals surface area contributed by atoms with E-state index in [0.717, 1.165) is 17.9 Å². The number of carbonyl (C=O) groups excluding carboxylic acids is 1. The lowest BCUT2D eigenvalue weighted by molar-refractivity contribution is 0.0248. The molecule has 2 aromatic heterocycles. The molecule has 0 aliphatic rings. The zero-order valence-corrected chi connectivity index (χ0v) is 14.7. The number of hydrogen-bond acceptors (Lipinski definition) is 4. The van der Waals surface area contributed by atoms with Gasteiger partial charge in [0, 0.05) is 32.2 Å². The molecule has 130 valence electrons. The molecule has 6 heteroatoms. The van der Waals surface area contributed by atoms with Crippen LogP contribution in [-0.2, 0) is 25.3 Å². The molecule has 0 amide bonds. The number of hydrogen-bond donors (Lipinski definition) is 0. The molecule has 0 saturated heterocycles. The van der Waals surface area contributed by atoms with Gasteiger partial charge in [0.15, 0.2) is 6.10 Å². The third-order valence-corrected chi connectivity index (χ3v) is 4.39. The molecule has 0 saturated carbocycles. The Labute approximate surface area is 147 Å². The summed E-state index contributed by atoms with van der Waals surface area (Å²) in [5, 5.41) is 4.11. The molecule has 6 nitrogen and oxygen atoms in total. The van der Waals surface area contributed by atoms with E-state index in [2.05, 4.69) is 22.2 Å². The third kappa shape index (κ3) is 3.79. The maximum absolute atomic E-state index is 12.6. The predicted molar refractivity (Wildman–Crippen MR) is 94.1 cm³/mol. The minimum absolute atomic E-state index is 0.369. The van der Waals surface area contributed by atoms with E-state index in [1.807, 2.05) is 42.9 Å². The van der Waals surface area contributed by atoms with Gasteiger partial charge in [-0.3, -0.25) is 4.68 Å². The Morgan fingerprint density at radius 3 is 2.60 bits per heavy atom. The highest BCUT2D eigenvalue weighted by molar-refractivity contribution is 5.90. The second-order valence-electron chi connectivity index (χ2n) is 6.08. The lowest BCUT2D eigenvalue weighted by Crippen LogP contribution is -2.16. The fraction of sp³-hybridized carbons (Fsp3) is 0.316. The van der Waals surface area contributed by atoms with Crippen LogP contribution in [0.2, 0.25) is 0 Å². The number of rotatable bonds is 6. The molecule has 3 aromatic rings. The molecule has 0 N–H and O–H groups in total. The molecule has 0 bridgehead atoms. The summed E-state index contributed by atoms with van der Waals surface area (Å²) in [4.78, 5) is 17.0. The van der Waals surface area contributed by atoms with Gasteiger partial charge in [0.05, 0.1) is 6.20 Å². The summed E-state index contributed by atoms with van der Waals surface area (Å²) >= 11 is 0. The van der Waals surface area contributed by atoms with Crippen molar-refractivity contribution < 1.29 is 9.53 Å². The molecular formula is C19H22N4O2. The van der Waals surface area contributed by atoms with Crippen molar-refractivity contribution in [2.24, 2.45) is 14.1 Å². The van der Waals surface area contributed by atoms with Crippen LogP contribution in [-0.4, -0.2) is 25.3 Å². The number of aryl methyl sites for hydroxylation is 3. The van der Waals surface area contributed by atoms with Crippen LogP contribution in [0.25, 0.3) is 0 Å². The Balaban J connectivity index is 1.78. The first-order valence-corrected chi connectivity index (χ1v) is 8.27. The second kappa shape index (κ2) is 7.34. The number of ether oxygens (including phenoxy) is 1. The average Bonchev–Trinajstić information content (AvgIpc) is 3.18. The highest BCUT2D eigenvalue weighted by Crippen LogP contribution is 2.24. The number of nitrogens with zero attached hydrogens (tertiary/aromatic N) is 4. The molecule has 25 heavy (non-hydrogen) atoms. The van der Waals surface area contributed by atoms with Crippen LogP contribution in [0.5, 0.6) is 0 Å². The fourth-order valence-corrected chi connectivity index (χ4v) is 2.76. The van der Waals surface area contributed by atoms with E-state index in [9.17, 15) is 4.79 Å². The van der Waals surface area contributed by atoms with Crippen LogP contribution in [0.3, 0.4) is 0 Å². The lowest BCUT2D eigenvalue weighted by atomic mass is 10.1. The molecule has 1 atom stereocenters. The van der Waals surface area contributed by atoms with E-state index in [1.54, 1.807) is 24.1 Å². The number of esters is 1. The van der Waals surface area contributed by atoms with Crippen molar-refractivity contribution in [1.29, 1.82) is 0 Å². The first-order chi connectivity index (χ1) is 12.1. The average molecular weight is 338 g/mol. The molecule has 0 aliphatic heterocycles. The van der Waals surface area contributed by atoms with E-state index < -0.39 is 6.10 Å². The van der Waals surface area contributed by atoms with Crippen molar-refractivity contribution in [3.05, 3.63) is 71.6 Å². The Morgan fingerprint density at radius 1 is 1.24 bits per heavy atom. The standard InChI is InChI=1S/C19H22N4O2/c1-14-16(13-21-23(14)3)19(24)25-17(18-20-11-12-22(18)2)10-9-15-7-5-4-6-8-15/h4-8,11-13,17H,9-10H2,1-3H3/t17-/m0/s1. The van der Waals surface area contributed by atoms with Gasteiger partial charge in [-0.2, -0.15) is 5.10 Å². The molecule has 0 radical (unpaired) electrons. The fourth-order valence-electron chi connectivity index (χ4n) is 2.76. The molecule has 0 aliphatic carbocycles. The summed E-state index contributed by atoms with van der Waals surface area (Å²) in [6.07, 6.45) is 6.18. The van der Waals surface area contributed by atoms with Gasteiger partial charge in [0.2, 0.25) is 0 Å². The summed E-state index contributed by atoms with van der Waals surface area (Å²) < 4.78 is 9.35. The first-order valence-electron chi connectivity index (χ1n) is 8.27. The smallest absolute Gasteiger partial charge is 0.342 e. The van der Waals surface area contributed by atoms with Crippen LogP contribution in [0.1, 0.15) is 40.0 Å². The van der Waals surface area contributed by atoms with Gasteiger partial charge in [-0.1, -0.05) is 30.3 Å². The Hall–Kier alpha value is -2.89. The van der Waals surface area contributed by atoms with Crippen LogP contribution in [0.15, 0.2) is 48.9 Å². The first kappa shape index (κ1) is 17.0. The van der Waals surface area contributed by atoms with Crippen molar-refractivity contribution in [1.82, 2.24) is 19.3 Å². The minimum Gasteiger partial charge on any atom is -0.451 e. The van der Waals surface area contributed by atoms with Gasteiger partial charge in [-0.15, -0.1) is 0 Å². The maximum atomic E-state index is 12.6. The van der Waals surface area contributed by atoms with Crippen molar-refractivity contribution in [3.63, 3.8) is 0 Å². The topological polar surface area (TPSA) is 61.9 Å². The van der Waals surface area contributed by atoms with Gasteiger partial charge < -0.3 is 9.30 Å². The van der Waals surface area contributed by atoms with E-state index in [-0.39, 0.29) is 5.97 Å². The molecule has 0 unspecified atom stereocenters. The maximum Gasteiger partial charge on any atom is 0.342 e. The van der Waals surface area contributed by atoms with Crippen LogP contribution >= 0.6 is 0 Å². The van der Waals surface area contributed by atoms with Gasteiger partial charge in [-0.25, -0.2) is 9.78 Å². The predicted octanol–water partition coefficient (Wildman–Crippen LogP) is 2.99. The molecule has 0 fully saturated rings. The normalized spacial score (nSPS) is 12.1. The number of carbonyl (C=O) groups is 1. The summed E-state index contributed by atoms with van der Waals surface area (Å²) in [6, 6.07) is 10.2. The Kier molecular flexibility index (Phi) is 4.97. The number of aromatic nitrogens is 4. The van der Waals surface area contributed by atoms with Gasteiger partial charge >= 0.3 is 5.97 Å². The highest BCUT2D eigenvalue weighted by Gasteiger charge is 2.23. The van der Waals surface area contributed by atoms with Crippen LogP contribution < -0.4 is 0 Å². The summed E-state index contributed by atoms with van der Waals surface area (Å²) in [5.41, 5.74) is 2.48. The van der Waals surface area contributed by atoms with Crippen molar-refractivity contribution in [2.45, 2.75) is 25.9 Å². The van der Waals surface area contributed by atoms with Crippen molar-refractivity contribution >= 4 is 5.97 Å². The molecule has 0 spiro atoms. The Bertz CT molecular complexity index is 851. The minimum atomic E-state index is -0.410. The van der Waals surface area contributed by atoms with Crippen LogP contribution in [0, 0.1) is 6.92 Å². The highest BCUT2D eigenvalue weighted by atomic mass is 16.5. The number of imidazole rings is 1. The van der Waals surface area contributed by atoms with Crippen molar-refractivity contribution in [2.75, 3.05) is 0 Å². The molecule has 3 rings (SSSR count). The quantitative estimate of drug-likeness (QED) is 0.648. The SMILES string of the molecule is Cc1c(C(=O)O[C@@H](CCc2ccccc2)c2nccn2C)cnn1C. The largest absolute Gasteiger partial charge is 0.451 e. The number of benzene rings is 1. The van der Waals surface area contributed by atoms with E-state index in [1.165, 1.54) is 5.56 Å². The lowest BCUT2D eigenvalue weighted by Gasteiger charge is -2.18. The van der Waals surface area contributed by atoms with Crippen molar-refractivity contribution in [3.8, 4) is 0 Å². The third-order valence-electron chi connectivity index (χ3n) is 4.39. The van der Waals surface area contributed by atoms with Gasteiger partial charge in [-0.05, 0) is 25.3 Å². The van der Waals surface area contributed by atoms with E-state index in [4.69, 9.17) is 4.74 Å². The summed E-state index contributed by atoms with van der Waals surface area (Å²) in [7, 11) is 3.71. The zero-order chi connectivity index (χ0) is 17.8. The Morgan fingerprint density at radius 2 is 2.00 bits per heavy atom. The summed E-state index contributed by atoms with van der Waals surface area (Å²) in [6.45, 7) is 1.85. The van der Waals surface area contributed by atoms with Gasteiger partial charge in [0.1, 0.15) is 11.4 Å². The van der Waals surface area contributed by atoms with E-state index >= 15 is 0 Å². The van der Waals surface area contributed by atoms with Crippen LogP contribution in [0.4, 0.5) is 0 Å². The monoisotopic (exact) mass is 338 g/mol.